The minimum absolute atomic E-state index is 0.833. The smallest absolute Gasteiger partial charge is 0.0211 e. The zero-order valence-corrected chi connectivity index (χ0v) is 7.78. The molecule has 0 aliphatic heterocycles. The molecule has 0 fully saturated rings. The van der Waals surface area contributed by atoms with Crippen molar-refractivity contribution in [3.63, 3.8) is 0 Å². The zero-order chi connectivity index (χ0) is 7.98. The van der Waals surface area contributed by atoms with E-state index in [2.05, 4.69) is 33.8 Å². The van der Waals surface area contributed by atoms with Crippen LogP contribution in [0.4, 0.5) is 0 Å². The summed E-state index contributed by atoms with van der Waals surface area (Å²) in [7, 11) is 0. The molecule has 0 aromatic carbocycles. The zero-order valence-electron chi connectivity index (χ0n) is 7.78. The van der Waals surface area contributed by atoms with Crippen molar-refractivity contribution in [2.75, 3.05) is 0 Å². The van der Waals surface area contributed by atoms with Gasteiger partial charge in [-0.25, -0.2) is 0 Å². The van der Waals surface area contributed by atoms with E-state index in [4.69, 9.17) is 0 Å². The highest BCUT2D eigenvalue weighted by atomic mass is 14.1. The van der Waals surface area contributed by atoms with Gasteiger partial charge in [-0.1, -0.05) is 32.4 Å². The Kier molecular flexibility index (Phi) is 5.38. The predicted octanol–water partition coefficient (Wildman–Crippen LogP) is 3.78. The molecule has 0 atom stereocenters. The maximum atomic E-state index is 2.34. The second-order valence-electron chi connectivity index (χ2n) is 2.87. The summed E-state index contributed by atoms with van der Waals surface area (Å²) in [4.78, 5) is 0. The molecule has 10 heavy (non-hydrogen) atoms. The van der Waals surface area contributed by atoms with Crippen molar-refractivity contribution in [1.29, 1.82) is 0 Å². The standard InChI is InChI=1S/C10H20/c1-5-8-9(4)10(6-2)7-3/h8,10H,5-7H2,1-4H3. The average molecular weight is 140 g/mol. The summed E-state index contributed by atoms with van der Waals surface area (Å²) in [6.45, 7) is 8.98. The summed E-state index contributed by atoms with van der Waals surface area (Å²) in [5.74, 6) is 0.833. The Morgan fingerprint density at radius 3 is 2.00 bits per heavy atom. The molecule has 0 unspecified atom stereocenters. The van der Waals surface area contributed by atoms with Crippen molar-refractivity contribution in [2.45, 2.75) is 47.0 Å². The summed E-state index contributed by atoms with van der Waals surface area (Å²) in [6.07, 6.45) is 6.11. The van der Waals surface area contributed by atoms with Gasteiger partial charge in [-0.2, -0.15) is 0 Å². The topological polar surface area (TPSA) is 0 Å². The second kappa shape index (κ2) is 5.52. The van der Waals surface area contributed by atoms with Gasteiger partial charge in [0.05, 0.1) is 0 Å². The Morgan fingerprint density at radius 1 is 1.20 bits per heavy atom. The summed E-state index contributed by atoms with van der Waals surface area (Å²) in [5, 5.41) is 0. The first-order valence-corrected chi connectivity index (χ1v) is 4.42. The summed E-state index contributed by atoms with van der Waals surface area (Å²) in [5.41, 5.74) is 1.58. The third kappa shape index (κ3) is 3.05. The molecule has 0 aliphatic carbocycles. The van der Waals surface area contributed by atoms with Gasteiger partial charge in [-0.05, 0) is 32.1 Å². The van der Waals surface area contributed by atoms with Crippen LogP contribution in [0.2, 0.25) is 0 Å². The molecule has 0 heterocycles. The van der Waals surface area contributed by atoms with Gasteiger partial charge in [0.15, 0.2) is 0 Å². The van der Waals surface area contributed by atoms with Crippen LogP contribution >= 0.6 is 0 Å². The van der Waals surface area contributed by atoms with Crippen LogP contribution < -0.4 is 0 Å². The van der Waals surface area contributed by atoms with E-state index in [0.29, 0.717) is 0 Å². The quantitative estimate of drug-likeness (QED) is 0.521. The lowest BCUT2D eigenvalue weighted by atomic mass is 9.94. The van der Waals surface area contributed by atoms with Gasteiger partial charge in [0.2, 0.25) is 0 Å². The van der Waals surface area contributed by atoms with E-state index in [1.807, 2.05) is 0 Å². The Balaban J connectivity index is 3.87. The van der Waals surface area contributed by atoms with Crippen molar-refractivity contribution >= 4 is 0 Å². The van der Waals surface area contributed by atoms with E-state index in [1.54, 1.807) is 5.57 Å². The average Bonchev–Trinajstić information content (AvgIpc) is 1.91. The predicted molar refractivity (Wildman–Crippen MR) is 48.1 cm³/mol. The van der Waals surface area contributed by atoms with Gasteiger partial charge < -0.3 is 0 Å². The molecule has 0 saturated heterocycles. The van der Waals surface area contributed by atoms with Crippen LogP contribution in [-0.4, -0.2) is 0 Å². The van der Waals surface area contributed by atoms with Crippen LogP contribution in [0.1, 0.15) is 47.0 Å². The number of rotatable bonds is 4. The molecule has 0 radical (unpaired) electrons. The number of allylic oxidation sites excluding steroid dienone is 2. The van der Waals surface area contributed by atoms with E-state index in [-0.39, 0.29) is 0 Å². The van der Waals surface area contributed by atoms with Crippen LogP contribution in [0.3, 0.4) is 0 Å². The molecule has 0 rings (SSSR count). The first-order valence-electron chi connectivity index (χ1n) is 4.42. The van der Waals surface area contributed by atoms with Crippen molar-refractivity contribution < 1.29 is 0 Å². The minimum Gasteiger partial charge on any atom is -0.0856 e. The highest BCUT2D eigenvalue weighted by molar-refractivity contribution is 5.02. The first kappa shape index (κ1) is 9.74. The Morgan fingerprint density at radius 2 is 1.70 bits per heavy atom. The van der Waals surface area contributed by atoms with Gasteiger partial charge >= 0.3 is 0 Å². The molecule has 0 N–H and O–H groups in total. The number of hydrogen-bond donors (Lipinski definition) is 0. The van der Waals surface area contributed by atoms with Crippen LogP contribution in [0.5, 0.6) is 0 Å². The molecular formula is C10H20. The Hall–Kier alpha value is -0.260. The fourth-order valence-corrected chi connectivity index (χ4v) is 1.42. The van der Waals surface area contributed by atoms with Gasteiger partial charge in [-0.15, -0.1) is 0 Å². The maximum absolute atomic E-state index is 2.34. The van der Waals surface area contributed by atoms with Crippen LogP contribution in [0, 0.1) is 5.92 Å². The van der Waals surface area contributed by atoms with E-state index in [0.717, 1.165) is 5.92 Å². The van der Waals surface area contributed by atoms with Crippen LogP contribution in [0.25, 0.3) is 0 Å². The van der Waals surface area contributed by atoms with Crippen LogP contribution in [-0.2, 0) is 0 Å². The molecule has 0 saturated carbocycles. The Bertz CT molecular complexity index is 96.6. The molecule has 0 aromatic heterocycles. The SMILES string of the molecule is CCC=C(C)C(CC)CC. The lowest BCUT2D eigenvalue weighted by molar-refractivity contribution is 0.570. The number of hydrogen-bond acceptors (Lipinski definition) is 0. The first-order chi connectivity index (χ1) is 4.76. The molecule has 60 valence electrons. The fourth-order valence-electron chi connectivity index (χ4n) is 1.42. The van der Waals surface area contributed by atoms with E-state index in [9.17, 15) is 0 Å². The van der Waals surface area contributed by atoms with Gasteiger partial charge in [-0.3, -0.25) is 0 Å². The summed E-state index contributed by atoms with van der Waals surface area (Å²) < 4.78 is 0. The molecule has 0 amide bonds. The normalized spacial score (nSPS) is 12.7. The molecule has 0 heteroatoms. The third-order valence-electron chi connectivity index (χ3n) is 2.16. The summed E-state index contributed by atoms with van der Waals surface area (Å²) >= 11 is 0. The molecule has 0 spiro atoms. The minimum atomic E-state index is 0.833. The van der Waals surface area contributed by atoms with Crippen molar-refractivity contribution in [2.24, 2.45) is 5.92 Å². The monoisotopic (exact) mass is 140 g/mol. The van der Waals surface area contributed by atoms with Gasteiger partial charge in [0, 0.05) is 0 Å². The summed E-state index contributed by atoms with van der Waals surface area (Å²) in [6, 6.07) is 0. The second-order valence-corrected chi connectivity index (χ2v) is 2.87. The van der Waals surface area contributed by atoms with Crippen molar-refractivity contribution in [1.82, 2.24) is 0 Å². The lowest BCUT2D eigenvalue weighted by Gasteiger charge is -2.12. The molecule has 0 aliphatic rings. The molecule has 0 bridgehead atoms. The Labute approximate surface area is 65.3 Å². The maximum Gasteiger partial charge on any atom is -0.0211 e. The third-order valence-corrected chi connectivity index (χ3v) is 2.16. The van der Waals surface area contributed by atoms with Gasteiger partial charge in [0.1, 0.15) is 0 Å². The molecular weight excluding hydrogens is 120 g/mol. The van der Waals surface area contributed by atoms with Gasteiger partial charge in [0.25, 0.3) is 0 Å². The van der Waals surface area contributed by atoms with Crippen molar-refractivity contribution in [3.8, 4) is 0 Å². The van der Waals surface area contributed by atoms with Crippen molar-refractivity contribution in [3.05, 3.63) is 11.6 Å². The fraction of sp³-hybridized carbons (Fsp3) is 0.800. The molecule has 0 aromatic rings. The van der Waals surface area contributed by atoms with E-state index >= 15 is 0 Å². The van der Waals surface area contributed by atoms with E-state index < -0.39 is 0 Å². The molecule has 0 nitrogen and oxygen atoms in total. The highest BCUT2D eigenvalue weighted by Gasteiger charge is 2.03. The van der Waals surface area contributed by atoms with Crippen LogP contribution in [0.15, 0.2) is 11.6 Å². The largest absolute Gasteiger partial charge is 0.0856 e. The highest BCUT2D eigenvalue weighted by Crippen LogP contribution is 2.18. The van der Waals surface area contributed by atoms with E-state index in [1.165, 1.54) is 19.3 Å². The lowest BCUT2D eigenvalue weighted by Crippen LogP contribution is -1.97.